The molecule has 2 N–H and O–H groups in total. The maximum Gasteiger partial charge on any atom is 0.339 e. The Hall–Kier alpha value is -3.39. The SMILES string of the molecule is Cc1ccccc1NC(=O)NN=Cc1ccc(OCc2ccc3ccccc3c2)c(I)c1. The van der Waals surface area contributed by atoms with Crippen LogP contribution in [0.2, 0.25) is 0 Å². The molecule has 4 rings (SSSR count). The van der Waals surface area contributed by atoms with Crippen molar-refractivity contribution >= 4 is 51.3 Å². The maximum absolute atomic E-state index is 12.0. The number of hydrazone groups is 1. The topological polar surface area (TPSA) is 62.7 Å². The number of anilines is 1. The summed E-state index contributed by atoms with van der Waals surface area (Å²) in [5.41, 5.74) is 6.21. The smallest absolute Gasteiger partial charge is 0.339 e. The number of nitrogens with zero attached hydrogens (tertiary/aromatic N) is 1. The lowest BCUT2D eigenvalue weighted by atomic mass is 10.1. The summed E-state index contributed by atoms with van der Waals surface area (Å²) < 4.78 is 6.98. The number of amides is 2. The summed E-state index contributed by atoms with van der Waals surface area (Å²) in [6, 6.07) is 27.6. The van der Waals surface area contributed by atoms with Gasteiger partial charge in [-0.1, -0.05) is 54.6 Å². The van der Waals surface area contributed by atoms with Gasteiger partial charge in [0.15, 0.2) is 0 Å². The highest BCUT2D eigenvalue weighted by molar-refractivity contribution is 14.1. The third-order valence-corrected chi connectivity index (χ3v) is 5.78. The van der Waals surface area contributed by atoms with Crippen LogP contribution in [0.1, 0.15) is 16.7 Å². The van der Waals surface area contributed by atoms with Crippen molar-refractivity contribution in [2.45, 2.75) is 13.5 Å². The van der Waals surface area contributed by atoms with Crippen molar-refractivity contribution in [3.63, 3.8) is 0 Å². The lowest BCUT2D eigenvalue weighted by Crippen LogP contribution is -2.24. The second kappa shape index (κ2) is 10.3. The minimum atomic E-state index is -0.388. The first kappa shape index (κ1) is 21.8. The minimum Gasteiger partial charge on any atom is -0.488 e. The number of carbonyl (C=O) groups is 1. The summed E-state index contributed by atoms with van der Waals surface area (Å²) >= 11 is 2.24. The van der Waals surface area contributed by atoms with Crippen LogP contribution in [-0.2, 0) is 6.61 Å². The van der Waals surface area contributed by atoms with E-state index in [4.69, 9.17) is 4.74 Å². The third-order valence-electron chi connectivity index (χ3n) is 4.94. The van der Waals surface area contributed by atoms with Gasteiger partial charge in [-0.05, 0) is 87.3 Å². The van der Waals surface area contributed by atoms with Gasteiger partial charge >= 0.3 is 6.03 Å². The number of rotatable bonds is 6. The van der Waals surface area contributed by atoms with Crippen LogP contribution in [0.5, 0.6) is 5.75 Å². The normalized spacial score (nSPS) is 10.9. The van der Waals surface area contributed by atoms with E-state index in [-0.39, 0.29) is 6.03 Å². The molecule has 0 heterocycles. The highest BCUT2D eigenvalue weighted by atomic mass is 127. The quantitative estimate of drug-likeness (QED) is 0.169. The number of fused-ring (bicyclic) bond motifs is 1. The van der Waals surface area contributed by atoms with Gasteiger partial charge in [0.2, 0.25) is 0 Å². The molecule has 0 spiro atoms. The molecular formula is C26H22IN3O2. The average molecular weight is 535 g/mol. The first-order chi connectivity index (χ1) is 15.6. The van der Waals surface area contributed by atoms with Gasteiger partial charge in [0, 0.05) is 5.69 Å². The van der Waals surface area contributed by atoms with Crippen molar-refractivity contribution in [1.29, 1.82) is 0 Å². The Morgan fingerprint density at radius 3 is 2.56 bits per heavy atom. The van der Waals surface area contributed by atoms with Gasteiger partial charge in [-0.3, -0.25) is 0 Å². The summed E-state index contributed by atoms with van der Waals surface area (Å²) in [6.07, 6.45) is 1.60. The van der Waals surface area contributed by atoms with Gasteiger partial charge < -0.3 is 10.1 Å². The number of benzene rings is 4. The summed E-state index contributed by atoms with van der Waals surface area (Å²) in [7, 11) is 0. The van der Waals surface area contributed by atoms with Crippen LogP contribution in [0.25, 0.3) is 10.8 Å². The van der Waals surface area contributed by atoms with Crippen molar-refractivity contribution in [3.8, 4) is 5.75 Å². The Bertz CT molecular complexity index is 1290. The predicted octanol–water partition coefficient (Wildman–Crippen LogP) is 6.49. The Morgan fingerprint density at radius 2 is 1.75 bits per heavy atom. The molecule has 0 aliphatic rings. The number of hydrogen-bond acceptors (Lipinski definition) is 3. The lowest BCUT2D eigenvalue weighted by molar-refractivity contribution is 0.252. The molecule has 0 saturated heterocycles. The van der Waals surface area contributed by atoms with Gasteiger partial charge in [0.25, 0.3) is 0 Å². The van der Waals surface area contributed by atoms with Crippen LogP contribution in [0.4, 0.5) is 10.5 Å². The fraction of sp³-hybridized carbons (Fsp3) is 0.0769. The monoisotopic (exact) mass is 535 g/mol. The summed E-state index contributed by atoms with van der Waals surface area (Å²) in [5, 5.41) is 9.23. The maximum atomic E-state index is 12.0. The van der Waals surface area contributed by atoms with E-state index in [9.17, 15) is 4.79 Å². The zero-order chi connectivity index (χ0) is 22.3. The number of urea groups is 1. The number of carbonyl (C=O) groups excluding carboxylic acids is 1. The van der Waals surface area contributed by atoms with E-state index < -0.39 is 0 Å². The Labute approximate surface area is 200 Å². The lowest BCUT2D eigenvalue weighted by Gasteiger charge is -2.10. The molecule has 0 fully saturated rings. The van der Waals surface area contributed by atoms with E-state index in [1.165, 1.54) is 10.8 Å². The molecule has 32 heavy (non-hydrogen) atoms. The summed E-state index contributed by atoms with van der Waals surface area (Å²) in [5.74, 6) is 0.807. The second-order valence-corrected chi connectivity index (χ2v) is 8.46. The average Bonchev–Trinajstić information content (AvgIpc) is 2.80. The first-order valence-corrected chi connectivity index (χ1v) is 11.2. The van der Waals surface area contributed by atoms with E-state index in [1.54, 1.807) is 6.21 Å². The van der Waals surface area contributed by atoms with E-state index in [0.717, 1.165) is 31.7 Å². The van der Waals surface area contributed by atoms with Crippen molar-refractivity contribution in [1.82, 2.24) is 5.43 Å². The highest BCUT2D eigenvalue weighted by Crippen LogP contribution is 2.23. The molecule has 4 aromatic carbocycles. The van der Waals surface area contributed by atoms with Crippen LogP contribution in [0, 0.1) is 10.5 Å². The molecule has 4 aromatic rings. The van der Waals surface area contributed by atoms with Gasteiger partial charge in [0.1, 0.15) is 12.4 Å². The molecular weight excluding hydrogens is 513 g/mol. The Morgan fingerprint density at radius 1 is 0.969 bits per heavy atom. The minimum absolute atomic E-state index is 0.388. The van der Waals surface area contributed by atoms with E-state index in [1.807, 2.05) is 61.5 Å². The molecule has 0 aliphatic heterocycles. The highest BCUT2D eigenvalue weighted by Gasteiger charge is 2.05. The summed E-state index contributed by atoms with van der Waals surface area (Å²) in [4.78, 5) is 12.0. The Balaban J connectivity index is 1.33. The number of nitrogens with one attached hydrogen (secondary N) is 2. The van der Waals surface area contributed by atoms with Crippen molar-refractivity contribution in [2.24, 2.45) is 5.10 Å². The van der Waals surface area contributed by atoms with Crippen LogP contribution < -0.4 is 15.5 Å². The van der Waals surface area contributed by atoms with Gasteiger partial charge in [0.05, 0.1) is 9.78 Å². The molecule has 0 radical (unpaired) electrons. The number of para-hydroxylation sites is 1. The molecule has 2 amide bonds. The van der Waals surface area contributed by atoms with Crippen molar-refractivity contribution in [3.05, 3.63) is 105 Å². The van der Waals surface area contributed by atoms with Crippen LogP contribution in [-0.4, -0.2) is 12.2 Å². The first-order valence-electron chi connectivity index (χ1n) is 10.1. The zero-order valence-corrected chi connectivity index (χ0v) is 19.7. The molecule has 0 atom stereocenters. The van der Waals surface area contributed by atoms with Crippen LogP contribution in [0.3, 0.4) is 0 Å². The second-order valence-electron chi connectivity index (χ2n) is 7.30. The van der Waals surface area contributed by atoms with Crippen LogP contribution >= 0.6 is 22.6 Å². The zero-order valence-electron chi connectivity index (χ0n) is 17.5. The number of halogens is 1. The molecule has 160 valence electrons. The van der Waals surface area contributed by atoms with E-state index >= 15 is 0 Å². The largest absolute Gasteiger partial charge is 0.488 e. The molecule has 0 saturated carbocycles. The fourth-order valence-electron chi connectivity index (χ4n) is 3.23. The third kappa shape index (κ3) is 5.64. The van der Waals surface area contributed by atoms with Crippen molar-refractivity contribution in [2.75, 3.05) is 5.32 Å². The van der Waals surface area contributed by atoms with E-state index in [2.05, 4.69) is 68.8 Å². The molecule has 5 nitrogen and oxygen atoms in total. The molecule has 0 aliphatic carbocycles. The predicted molar refractivity (Wildman–Crippen MR) is 138 cm³/mol. The van der Waals surface area contributed by atoms with Gasteiger partial charge in [-0.25, -0.2) is 10.2 Å². The number of ether oxygens (including phenoxy) is 1. The van der Waals surface area contributed by atoms with Gasteiger partial charge in [-0.15, -0.1) is 0 Å². The number of aryl methyl sites for hydroxylation is 1. The standard InChI is InChI=1S/C26H22IN3O2/c1-18-6-2-5-9-24(18)29-26(31)30-28-16-19-11-13-25(23(27)15-19)32-17-20-10-12-21-7-3-4-8-22(21)14-20/h2-16H,17H2,1H3,(H2,29,30,31). The molecule has 0 aromatic heterocycles. The van der Waals surface area contributed by atoms with Gasteiger partial charge in [-0.2, -0.15) is 5.10 Å². The number of hydrogen-bond donors (Lipinski definition) is 2. The van der Waals surface area contributed by atoms with Crippen LogP contribution in [0.15, 0.2) is 90.0 Å². The molecule has 6 heteroatoms. The molecule has 0 unspecified atom stereocenters. The fourth-order valence-corrected chi connectivity index (χ4v) is 3.93. The van der Waals surface area contributed by atoms with Crippen molar-refractivity contribution < 1.29 is 9.53 Å². The molecule has 0 bridgehead atoms. The Kier molecular flexibility index (Phi) is 7.01. The van der Waals surface area contributed by atoms with E-state index in [0.29, 0.717) is 6.61 Å². The summed E-state index contributed by atoms with van der Waals surface area (Å²) in [6.45, 7) is 2.43.